The molecule has 1 atom stereocenters. The third kappa shape index (κ3) is 3.37. The number of aromatic carboxylic acids is 1. The molecule has 0 amide bonds. The van der Waals surface area contributed by atoms with Crippen LogP contribution in [-0.4, -0.2) is 11.1 Å². The van der Waals surface area contributed by atoms with Crippen molar-refractivity contribution in [1.29, 1.82) is 0 Å². The third-order valence-corrected chi connectivity index (χ3v) is 2.96. The summed E-state index contributed by atoms with van der Waals surface area (Å²) >= 11 is 0. The van der Waals surface area contributed by atoms with Gasteiger partial charge in [0.1, 0.15) is 0 Å². The average molecular weight is 220 g/mol. The Bertz CT molecular complexity index is 344. The Balaban J connectivity index is 2.74. The van der Waals surface area contributed by atoms with Crippen molar-refractivity contribution in [2.75, 3.05) is 0 Å². The second-order valence-electron chi connectivity index (χ2n) is 4.29. The van der Waals surface area contributed by atoms with E-state index in [-0.39, 0.29) is 0 Å². The highest BCUT2D eigenvalue weighted by Gasteiger charge is 2.14. The first-order chi connectivity index (χ1) is 7.66. The first-order valence-corrected chi connectivity index (χ1v) is 5.99. The summed E-state index contributed by atoms with van der Waals surface area (Å²) in [4.78, 5) is 11.1. The highest BCUT2D eigenvalue weighted by molar-refractivity contribution is 5.89. The lowest BCUT2D eigenvalue weighted by molar-refractivity contribution is 0.0695. The van der Waals surface area contributed by atoms with Crippen molar-refractivity contribution in [2.45, 2.75) is 45.4 Å². The highest BCUT2D eigenvalue weighted by atomic mass is 16.4. The van der Waals surface area contributed by atoms with Gasteiger partial charge in [0.15, 0.2) is 0 Å². The number of hydrogen-bond acceptors (Lipinski definition) is 1. The highest BCUT2D eigenvalue weighted by Crippen LogP contribution is 2.25. The number of rotatable bonds is 6. The van der Waals surface area contributed by atoms with E-state index in [0.29, 0.717) is 11.5 Å². The molecule has 0 aromatic heterocycles. The van der Waals surface area contributed by atoms with Gasteiger partial charge in [-0.2, -0.15) is 0 Å². The van der Waals surface area contributed by atoms with Gasteiger partial charge >= 0.3 is 5.97 Å². The Morgan fingerprint density at radius 3 is 2.62 bits per heavy atom. The summed E-state index contributed by atoms with van der Waals surface area (Å²) in [6, 6.07) is 7.32. The fourth-order valence-electron chi connectivity index (χ4n) is 1.98. The molecule has 16 heavy (non-hydrogen) atoms. The Morgan fingerprint density at radius 2 is 2.00 bits per heavy atom. The van der Waals surface area contributed by atoms with Crippen molar-refractivity contribution in [1.82, 2.24) is 0 Å². The van der Waals surface area contributed by atoms with Gasteiger partial charge in [0, 0.05) is 0 Å². The van der Waals surface area contributed by atoms with E-state index in [1.54, 1.807) is 12.1 Å². The summed E-state index contributed by atoms with van der Waals surface area (Å²) in [6.45, 7) is 4.29. The molecular weight excluding hydrogens is 200 g/mol. The second kappa shape index (κ2) is 6.31. The van der Waals surface area contributed by atoms with Crippen molar-refractivity contribution < 1.29 is 9.90 Å². The van der Waals surface area contributed by atoms with Gasteiger partial charge in [-0.05, 0) is 24.0 Å². The molecule has 0 saturated carbocycles. The molecule has 0 radical (unpaired) electrons. The molecule has 88 valence electrons. The van der Waals surface area contributed by atoms with E-state index in [2.05, 4.69) is 13.8 Å². The zero-order valence-electron chi connectivity index (χ0n) is 10.1. The second-order valence-corrected chi connectivity index (χ2v) is 4.29. The van der Waals surface area contributed by atoms with Gasteiger partial charge in [-0.3, -0.25) is 0 Å². The molecule has 0 heterocycles. The molecule has 2 heteroatoms. The van der Waals surface area contributed by atoms with Crippen LogP contribution in [0.2, 0.25) is 0 Å². The smallest absolute Gasteiger partial charge is 0.335 e. The molecule has 1 N–H and O–H groups in total. The largest absolute Gasteiger partial charge is 0.478 e. The van der Waals surface area contributed by atoms with E-state index in [1.807, 2.05) is 12.1 Å². The van der Waals surface area contributed by atoms with Gasteiger partial charge in [0.25, 0.3) is 0 Å². The number of hydrogen-bond donors (Lipinski definition) is 1. The SMILES string of the molecule is CCCCCC(C)c1ccccc1C(=O)O. The maximum Gasteiger partial charge on any atom is 0.335 e. The van der Waals surface area contributed by atoms with Crippen LogP contribution < -0.4 is 0 Å². The molecule has 0 spiro atoms. The zero-order chi connectivity index (χ0) is 12.0. The lowest BCUT2D eigenvalue weighted by Gasteiger charge is -2.14. The van der Waals surface area contributed by atoms with Crippen LogP contribution in [0.15, 0.2) is 24.3 Å². The minimum absolute atomic E-state index is 0.332. The summed E-state index contributed by atoms with van der Waals surface area (Å²) in [5.74, 6) is -0.489. The molecule has 1 aromatic carbocycles. The van der Waals surface area contributed by atoms with Gasteiger partial charge in [-0.25, -0.2) is 4.79 Å². The van der Waals surface area contributed by atoms with Crippen LogP contribution in [0.1, 0.15) is 61.4 Å². The van der Waals surface area contributed by atoms with E-state index in [0.717, 1.165) is 12.0 Å². The van der Waals surface area contributed by atoms with Crippen molar-refractivity contribution in [2.24, 2.45) is 0 Å². The van der Waals surface area contributed by atoms with Gasteiger partial charge in [0.05, 0.1) is 5.56 Å². The molecular formula is C14H20O2. The van der Waals surface area contributed by atoms with Crippen molar-refractivity contribution in [3.05, 3.63) is 35.4 Å². The van der Waals surface area contributed by atoms with Crippen LogP contribution in [0.5, 0.6) is 0 Å². The molecule has 0 fully saturated rings. The lowest BCUT2D eigenvalue weighted by Crippen LogP contribution is -2.05. The van der Waals surface area contributed by atoms with Crippen molar-refractivity contribution in [3.63, 3.8) is 0 Å². The molecule has 1 rings (SSSR count). The predicted molar refractivity (Wildman–Crippen MR) is 66.0 cm³/mol. The summed E-state index contributed by atoms with van der Waals surface area (Å²) in [6.07, 6.45) is 4.66. The quantitative estimate of drug-likeness (QED) is 0.734. The first kappa shape index (κ1) is 12.8. The molecule has 0 aliphatic carbocycles. The molecule has 1 aromatic rings. The first-order valence-electron chi connectivity index (χ1n) is 5.99. The molecule has 2 nitrogen and oxygen atoms in total. The maximum absolute atomic E-state index is 11.1. The maximum atomic E-state index is 11.1. The molecule has 0 aliphatic rings. The average Bonchev–Trinajstić information content (AvgIpc) is 2.29. The van der Waals surface area contributed by atoms with E-state index >= 15 is 0 Å². The van der Waals surface area contributed by atoms with E-state index < -0.39 is 5.97 Å². The monoisotopic (exact) mass is 220 g/mol. The van der Waals surface area contributed by atoms with Crippen LogP contribution in [0.3, 0.4) is 0 Å². The van der Waals surface area contributed by atoms with Gasteiger partial charge in [0.2, 0.25) is 0 Å². The summed E-state index contributed by atoms with van der Waals surface area (Å²) in [7, 11) is 0. The van der Waals surface area contributed by atoms with Gasteiger partial charge in [-0.1, -0.05) is 51.3 Å². The standard InChI is InChI=1S/C14H20O2/c1-3-4-5-8-11(2)12-9-6-7-10-13(12)14(15)16/h6-7,9-11H,3-5,8H2,1-2H3,(H,15,16). The van der Waals surface area contributed by atoms with Crippen LogP contribution in [0.25, 0.3) is 0 Å². The van der Waals surface area contributed by atoms with Crippen LogP contribution in [-0.2, 0) is 0 Å². The number of carbonyl (C=O) groups is 1. The number of benzene rings is 1. The lowest BCUT2D eigenvalue weighted by atomic mass is 9.91. The van der Waals surface area contributed by atoms with E-state index in [9.17, 15) is 4.79 Å². The van der Waals surface area contributed by atoms with Crippen LogP contribution in [0, 0.1) is 0 Å². The summed E-state index contributed by atoms with van der Waals surface area (Å²) < 4.78 is 0. The Labute approximate surface area is 97.3 Å². The fourth-order valence-corrected chi connectivity index (χ4v) is 1.98. The van der Waals surface area contributed by atoms with Crippen LogP contribution in [0.4, 0.5) is 0 Å². The summed E-state index contributed by atoms with van der Waals surface area (Å²) in [5, 5.41) is 9.09. The summed E-state index contributed by atoms with van der Waals surface area (Å²) in [5.41, 5.74) is 1.41. The van der Waals surface area contributed by atoms with Gasteiger partial charge in [-0.15, -0.1) is 0 Å². The van der Waals surface area contributed by atoms with Crippen LogP contribution >= 0.6 is 0 Å². The van der Waals surface area contributed by atoms with Gasteiger partial charge < -0.3 is 5.11 Å². The predicted octanol–water partition coefficient (Wildman–Crippen LogP) is 4.07. The Morgan fingerprint density at radius 1 is 1.31 bits per heavy atom. The fraction of sp³-hybridized carbons (Fsp3) is 0.500. The molecule has 1 unspecified atom stereocenters. The minimum Gasteiger partial charge on any atom is -0.478 e. The van der Waals surface area contributed by atoms with E-state index in [1.165, 1.54) is 19.3 Å². The molecule has 0 bridgehead atoms. The number of carboxylic acids is 1. The topological polar surface area (TPSA) is 37.3 Å². The normalized spacial score (nSPS) is 12.4. The third-order valence-electron chi connectivity index (χ3n) is 2.96. The number of carboxylic acid groups (broad SMARTS) is 1. The Kier molecular flexibility index (Phi) is 5.03. The molecule has 0 aliphatic heterocycles. The minimum atomic E-state index is -0.821. The van der Waals surface area contributed by atoms with Crippen molar-refractivity contribution in [3.8, 4) is 0 Å². The Hall–Kier alpha value is -1.31. The zero-order valence-corrected chi connectivity index (χ0v) is 10.1. The molecule has 0 saturated heterocycles. The van der Waals surface area contributed by atoms with Crippen molar-refractivity contribution >= 4 is 5.97 Å². The van der Waals surface area contributed by atoms with E-state index in [4.69, 9.17) is 5.11 Å². The number of unbranched alkanes of at least 4 members (excludes halogenated alkanes) is 2.